The van der Waals surface area contributed by atoms with Crippen LogP contribution in [-0.2, 0) is 11.2 Å². The average Bonchev–Trinajstić information content (AvgIpc) is 3.59. The Hall–Kier alpha value is -3.62. The number of ether oxygens (including phenoxy) is 1. The minimum absolute atomic E-state index is 0.00521. The zero-order valence-electron chi connectivity index (χ0n) is 21.5. The Morgan fingerprint density at radius 3 is 2.72 bits per heavy atom. The van der Waals surface area contributed by atoms with Gasteiger partial charge in [-0.2, -0.15) is 19.6 Å². The Morgan fingerprint density at radius 1 is 1.15 bits per heavy atom. The predicted octanol–water partition coefficient (Wildman–Crippen LogP) is 2.63. The largest absolute Gasteiger partial charge is 0.617 e. The highest BCUT2D eigenvalue weighted by atomic mass is 32.2. The van der Waals surface area contributed by atoms with Gasteiger partial charge in [-0.15, -0.1) is 0 Å². The van der Waals surface area contributed by atoms with Gasteiger partial charge in [0.05, 0.1) is 24.8 Å². The monoisotopic (exact) mass is 560 g/mol. The molecule has 4 aromatic rings. The summed E-state index contributed by atoms with van der Waals surface area (Å²) in [6.45, 7) is 4.09. The van der Waals surface area contributed by atoms with Crippen molar-refractivity contribution in [2.75, 3.05) is 73.8 Å². The van der Waals surface area contributed by atoms with Gasteiger partial charge in [-0.05, 0) is 12.1 Å². The lowest BCUT2D eigenvalue weighted by molar-refractivity contribution is 0.266. The summed E-state index contributed by atoms with van der Waals surface area (Å²) in [5.41, 5.74) is 7.55. The van der Waals surface area contributed by atoms with Gasteiger partial charge in [0.2, 0.25) is 11.9 Å². The number of anilines is 3. The first-order chi connectivity index (χ1) is 18.9. The van der Waals surface area contributed by atoms with E-state index in [-0.39, 0.29) is 18.3 Å². The maximum absolute atomic E-state index is 14.6. The van der Waals surface area contributed by atoms with Gasteiger partial charge in [-0.25, -0.2) is 8.78 Å². The topological polar surface area (TPSA) is 133 Å². The molecular formula is C25H30F2N8O3S. The molecule has 1 saturated heterocycles. The Bertz CT molecular complexity index is 1390. The number of nitrogens with zero attached hydrogens (tertiary/aromatic N) is 6. The van der Waals surface area contributed by atoms with Crippen LogP contribution in [0, 0.1) is 11.6 Å². The fourth-order valence-corrected chi connectivity index (χ4v) is 4.91. The summed E-state index contributed by atoms with van der Waals surface area (Å²) < 4.78 is 52.3. The number of nitrogens with one attached hydrogen (secondary N) is 1. The Labute approximate surface area is 227 Å². The third-order valence-electron chi connectivity index (χ3n) is 6.38. The number of nitrogen functional groups attached to an aromatic ring is 1. The molecule has 1 fully saturated rings. The maximum Gasteiger partial charge on any atom is 0.228 e. The summed E-state index contributed by atoms with van der Waals surface area (Å²) in [5.74, 6) is 0.332. The van der Waals surface area contributed by atoms with Gasteiger partial charge < -0.3 is 29.7 Å². The molecule has 0 saturated carbocycles. The summed E-state index contributed by atoms with van der Waals surface area (Å²) in [6.07, 6.45) is 3.71. The molecule has 0 spiro atoms. The molecule has 0 unspecified atom stereocenters. The van der Waals surface area contributed by atoms with Gasteiger partial charge in [0, 0.05) is 63.9 Å². The number of fused-ring (bicyclic) bond motifs is 1. The Balaban J connectivity index is 1.12. The lowest BCUT2D eigenvalue weighted by atomic mass is 10.2. The zero-order valence-corrected chi connectivity index (χ0v) is 22.3. The minimum Gasteiger partial charge on any atom is -0.617 e. The van der Waals surface area contributed by atoms with E-state index in [0.29, 0.717) is 73.6 Å². The van der Waals surface area contributed by atoms with E-state index >= 15 is 0 Å². The zero-order chi connectivity index (χ0) is 27.4. The second kappa shape index (κ2) is 12.1. The van der Waals surface area contributed by atoms with Crippen molar-refractivity contribution in [2.24, 2.45) is 0 Å². The van der Waals surface area contributed by atoms with E-state index in [4.69, 9.17) is 14.9 Å². The van der Waals surface area contributed by atoms with E-state index < -0.39 is 22.8 Å². The van der Waals surface area contributed by atoms with Gasteiger partial charge >= 0.3 is 0 Å². The van der Waals surface area contributed by atoms with Crippen LogP contribution in [0.4, 0.5) is 26.4 Å². The van der Waals surface area contributed by atoms with Crippen LogP contribution in [0.3, 0.4) is 0 Å². The van der Waals surface area contributed by atoms with Gasteiger partial charge in [0.1, 0.15) is 17.3 Å². The second-order valence-corrected chi connectivity index (χ2v) is 10.7. The van der Waals surface area contributed by atoms with Crippen LogP contribution >= 0.6 is 0 Å². The van der Waals surface area contributed by atoms with Crippen molar-refractivity contribution in [3.05, 3.63) is 48.2 Å². The summed E-state index contributed by atoms with van der Waals surface area (Å²) >= 11 is -0.939. The highest BCUT2D eigenvalue weighted by Crippen LogP contribution is 2.29. The number of furan rings is 1. The maximum atomic E-state index is 14.6. The molecule has 0 amide bonds. The van der Waals surface area contributed by atoms with Crippen LogP contribution in [-0.4, -0.2) is 86.9 Å². The summed E-state index contributed by atoms with van der Waals surface area (Å²) in [6, 6.07) is 7.64. The molecule has 0 bridgehead atoms. The highest BCUT2D eigenvalue weighted by Gasteiger charge is 2.22. The highest BCUT2D eigenvalue weighted by molar-refractivity contribution is 7.90. The molecule has 0 aliphatic carbocycles. The third-order valence-corrected chi connectivity index (χ3v) is 7.24. The van der Waals surface area contributed by atoms with Gasteiger partial charge in [-0.1, -0.05) is 11.2 Å². The van der Waals surface area contributed by atoms with Crippen LogP contribution in [0.25, 0.3) is 17.1 Å². The minimum atomic E-state index is -0.939. The first kappa shape index (κ1) is 27.0. The van der Waals surface area contributed by atoms with Crippen molar-refractivity contribution < 1.29 is 22.5 Å². The third kappa shape index (κ3) is 6.52. The molecule has 3 N–H and O–H groups in total. The number of piperazine rings is 1. The van der Waals surface area contributed by atoms with Crippen LogP contribution in [0.1, 0.15) is 6.42 Å². The lowest BCUT2D eigenvalue weighted by Crippen LogP contribution is -2.48. The summed E-state index contributed by atoms with van der Waals surface area (Å²) in [5, 5.41) is 7.60. The number of benzene rings is 1. The molecule has 1 aliphatic heterocycles. The van der Waals surface area contributed by atoms with Crippen molar-refractivity contribution in [1.82, 2.24) is 24.5 Å². The fourth-order valence-electron chi connectivity index (χ4n) is 4.39. The van der Waals surface area contributed by atoms with Gasteiger partial charge in [0.15, 0.2) is 23.0 Å². The molecular weight excluding hydrogens is 530 g/mol. The van der Waals surface area contributed by atoms with E-state index in [1.54, 1.807) is 30.7 Å². The van der Waals surface area contributed by atoms with E-state index in [9.17, 15) is 13.3 Å². The number of nitrogens with two attached hydrogens (primary N) is 1. The summed E-state index contributed by atoms with van der Waals surface area (Å²) in [7, 11) is 0. The van der Waals surface area contributed by atoms with Crippen molar-refractivity contribution in [1.29, 1.82) is 0 Å². The number of halogens is 2. The smallest absolute Gasteiger partial charge is 0.228 e. The van der Waals surface area contributed by atoms with Crippen molar-refractivity contribution >= 4 is 34.4 Å². The quantitative estimate of drug-likeness (QED) is 0.208. The number of hydrogen-bond acceptors (Lipinski definition) is 10. The molecule has 14 heteroatoms. The molecule has 39 heavy (non-hydrogen) atoms. The molecule has 1 atom stereocenters. The normalized spacial score (nSPS) is 15.1. The molecule has 0 radical (unpaired) electrons. The first-order valence-electron chi connectivity index (χ1n) is 12.6. The number of hydrogen-bond donors (Lipinski definition) is 2. The number of rotatable bonds is 11. The molecule has 1 aromatic carbocycles. The SMILES string of the molecule is C[S@+]([O-])CCCOc1cc(N2CCN(CCNc3nc(N)n4nc(-c5ccco5)cc4n3)CC2)c(F)cc1F. The molecule has 1 aliphatic rings. The molecule has 208 valence electrons. The van der Waals surface area contributed by atoms with E-state index in [2.05, 4.69) is 25.3 Å². The summed E-state index contributed by atoms with van der Waals surface area (Å²) in [4.78, 5) is 12.9. The molecule has 5 rings (SSSR count). The second-order valence-electron chi connectivity index (χ2n) is 9.15. The Morgan fingerprint density at radius 2 is 1.97 bits per heavy atom. The standard InChI is InChI=1S/C25H30F2N8O3S/c1-39(36)13-3-12-38-22-16-20(17(26)14-18(22)27)34-9-7-33(8-10-34)6-5-29-25-30-23-15-19(21-4-2-11-37-21)32-35(23)24(28)31-25/h2,4,11,14-16H,3,5-10,12-13H2,1H3,(H3,28,29,30,31)/t39-/m0/s1. The molecule has 4 heterocycles. The molecule has 11 nitrogen and oxygen atoms in total. The van der Waals surface area contributed by atoms with E-state index in [0.717, 1.165) is 12.6 Å². The number of aromatic nitrogens is 4. The van der Waals surface area contributed by atoms with E-state index in [1.165, 1.54) is 10.6 Å². The van der Waals surface area contributed by atoms with Crippen molar-refractivity contribution in [2.45, 2.75) is 6.42 Å². The lowest BCUT2D eigenvalue weighted by Gasteiger charge is -2.36. The predicted molar refractivity (Wildman–Crippen MR) is 145 cm³/mol. The van der Waals surface area contributed by atoms with Gasteiger partial charge in [0.25, 0.3) is 0 Å². The van der Waals surface area contributed by atoms with E-state index in [1.807, 2.05) is 4.90 Å². The van der Waals surface area contributed by atoms with Crippen LogP contribution in [0.2, 0.25) is 0 Å². The van der Waals surface area contributed by atoms with Crippen molar-refractivity contribution in [3.8, 4) is 17.2 Å². The Kier molecular flexibility index (Phi) is 8.33. The van der Waals surface area contributed by atoms with Crippen LogP contribution in [0.15, 0.2) is 41.0 Å². The van der Waals surface area contributed by atoms with Crippen molar-refractivity contribution in [3.63, 3.8) is 0 Å². The van der Waals surface area contributed by atoms with Gasteiger partial charge in [-0.3, -0.25) is 4.90 Å². The fraction of sp³-hybridized carbons (Fsp3) is 0.400. The van der Waals surface area contributed by atoms with Crippen LogP contribution in [0.5, 0.6) is 5.75 Å². The molecule has 3 aromatic heterocycles. The van der Waals surface area contributed by atoms with Crippen LogP contribution < -0.4 is 20.7 Å². The average molecular weight is 561 g/mol. The first-order valence-corrected chi connectivity index (χ1v) is 14.3.